The van der Waals surface area contributed by atoms with E-state index in [4.69, 9.17) is 19.9 Å². The molecule has 0 atom stereocenters. The number of hydrogen-bond donors (Lipinski definition) is 4. The molecule has 0 fully saturated rings. The number of para-hydroxylation sites is 4. The predicted molar refractivity (Wildman–Crippen MR) is 231 cm³/mol. The fourth-order valence-corrected chi connectivity index (χ4v) is 8.30. The number of rotatable bonds is 4. The first-order valence-electron chi connectivity index (χ1n) is 18.8. The fraction of sp³-hybridized carbons (Fsp3) is 0. The minimum atomic E-state index is 0.0311. The molecule has 8 heteroatoms. The Bertz CT molecular complexity index is 3300. The van der Waals surface area contributed by atoms with E-state index in [1.54, 1.807) is 48.5 Å². The largest absolute Gasteiger partial charge is 0.506 e. The van der Waals surface area contributed by atoms with Gasteiger partial charge < -0.3 is 20.4 Å². The number of phenolic OH excluding ortho intramolecular Hbond substituents is 4. The zero-order chi connectivity index (χ0) is 39.1. The predicted octanol–water partition coefficient (Wildman–Crippen LogP) is 11.7. The van der Waals surface area contributed by atoms with Crippen LogP contribution in [-0.4, -0.2) is 40.4 Å². The van der Waals surface area contributed by atoms with Gasteiger partial charge in [0, 0.05) is 43.8 Å². The van der Waals surface area contributed by atoms with Crippen LogP contribution in [-0.2, 0) is 0 Å². The molecule has 0 bridgehead atoms. The first kappa shape index (κ1) is 33.3. The van der Waals surface area contributed by atoms with Crippen LogP contribution >= 0.6 is 0 Å². The number of fused-ring (bicyclic) bond motifs is 6. The lowest BCUT2D eigenvalue weighted by atomic mass is 9.82. The third-order valence-electron chi connectivity index (χ3n) is 11.0. The molecule has 0 unspecified atom stereocenters. The van der Waals surface area contributed by atoms with Crippen molar-refractivity contribution in [3.05, 3.63) is 158 Å². The molecule has 0 saturated carbocycles. The molecular formula is C50H30N4O4. The van der Waals surface area contributed by atoms with Gasteiger partial charge in [-0.1, -0.05) is 97.1 Å². The van der Waals surface area contributed by atoms with Crippen LogP contribution in [0, 0.1) is 0 Å². The van der Waals surface area contributed by atoms with E-state index in [2.05, 4.69) is 24.3 Å². The molecule has 0 spiro atoms. The van der Waals surface area contributed by atoms with Gasteiger partial charge in [0.15, 0.2) is 0 Å². The highest BCUT2D eigenvalue weighted by molar-refractivity contribution is 6.20. The van der Waals surface area contributed by atoms with Gasteiger partial charge in [-0.05, 0) is 82.2 Å². The maximum absolute atomic E-state index is 11.2. The van der Waals surface area contributed by atoms with Crippen molar-refractivity contribution in [3.8, 4) is 68.0 Å². The zero-order valence-electron chi connectivity index (χ0n) is 30.6. The van der Waals surface area contributed by atoms with E-state index in [0.29, 0.717) is 56.0 Å². The van der Waals surface area contributed by atoms with E-state index >= 15 is 0 Å². The van der Waals surface area contributed by atoms with Crippen molar-refractivity contribution < 1.29 is 20.4 Å². The molecular weight excluding hydrogens is 721 g/mol. The Labute approximate surface area is 330 Å². The Morgan fingerprint density at radius 3 is 0.845 bits per heavy atom. The van der Waals surface area contributed by atoms with Gasteiger partial charge in [0.2, 0.25) is 0 Å². The summed E-state index contributed by atoms with van der Waals surface area (Å²) < 4.78 is 0. The second kappa shape index (κ2) is 12.7. The van der Waals surface area contributed by atoms with E-state index in [-0.39, 0.29) is 23.0 Å². The van der Waals surface area contributed by atoms with E-state index in [1.807, 2.05) is 84.9 Å². The van der Waals surface area contributed by atoms with Gasteiger partial charge in [-0.25, -0.2) is 19.9 Å². The molecule has 0 aliphatic rings. The van der Waals surface area contributed by atoms with Gasteiger partial charge >= 0.3 is 0 Å². The number of nitrogens with zero attached hydrogens (tertiary/aromatic N) is 4. The molecule has 4 aromatic heterocycles. The van der Waals surface area contributed by atoms with Crippen molar-refractivity contribution in [2.75, 3.05) is 0 Å². The van der Waals surface area contributed by atoms with Gasteiger partial charge in [0.1, 0.15) is 45.1 Å². The van der Waals surface area contributed by atoms with E-state index < -0.39 is 0 Å². The molecule has 0 aliphatic carbocycles. The maximum atomic E-state index is 11.2. The molecule has 7 aromatic carbocycles. The number of aromatic hydroxyl groups is 4. The molecule has 0 radical (unpaired) electrons. The Morgan fingerprint density at radius 1 is 0.259 bits per heavy atom. The standard InChI is InChI=1S/C50H30N4O4/c55-39-13-3-9-27-17-21-35(51-47(27)39)43-33-25-31-7-1-2-8-32(31)26-34(33)44(36-22-18-28-10-4-14-40(56)48(28)52-36)46(38-24-20-30-12-6-16-42(58)50(30)54-38)45(43)37-23-19-29-11-5-15-41(57)49(29)53-37/h1-26,55-58H. The number of pyridine rings is 4. The van der Waals surface area contributed by atoms with Crippen LogP contribution in [0.1, 0.15) is 0 Å². The summed E-state index contributed by atoms with van der Waals surface area (Å²) in [6.45, 7) is 0. The smallest absolute Gasteiger partial charge is 0.141 e. The summed E-state index contributed by atoms with van der Waals surface area (Å²) in [5.41, 5.74) is 6.63. The lowest BCUT2D eigenvalue weighted by Crippen LogP contribution is -2.02. The van der Waals surface area contributed by atoms with Gasteiger partial charge in [0.25, 0.3) is 0 Å². The van der Waals surface area contributed by atoms with Crippen LogP contribution in [0.25, 0.3) is 110 Å². The summed E-state index contributed by atoms with van der Waals surface area (Å²) in [7, 11) is 0. The topological polar surface area (TPSA) is 132 Å². The first-order chi connectivity index (χ1) is 28.4. The lowest BCUT2D eigenvalue weighted by molar-refractivity contribution is 0.480. The monoisotopic (exact) mass is 750 g/mol. The minimum Gasteiger partial charge on any atom is -0.506 e. The number of benzene rings is 7. The fourth-order valence-electron chi connectivity index (χ4n) is 8.30. The third kappa shape index (κ3) is 5.16. The minimum absolute atomic E-state index is 0.0311. The van der Waals surface area contributed by atoms with E-state index in [0.717, 1.165) is 54.2 Å². The van der Waals surface area contributed by atoms with Crippen LogP contribution in [0.4, 0.5) is 0 Å². The first-order valence-corrected chi connectivity index (χ1v) is 18.8. The van der Waals surface area contributed by atoms with Crippen LogP contribution in [0.5, 0.6) is 23.0 Å². The maximum Gasteiger partial charge on any atom is 0.141 e. The quantitative estimate of drug-likeness (QED) is 0.131. The zero-order valence-corrected chi connectivity index (χ0v) is 30.6. The molecule has 11 rings (SSSR count). The summed E-state index contributed by atoms with van der Waals surface area (Å²) in [5.74, 6) is 0.161. The average Bonchev–Trinajstić information content (AvgIpc) is 3.25. The van der Waals surface area contributed by atoms with Crippen LogP contribution < -0.4 is 0 Å². The normalized spacial score (nSPS) is 11.7. The van der Waals surface area contributed by atoms with Gasteiger partial charge in [-0.2, -0.15) is 0 Å². The summed E-state index contributed by atoms with van der Waals surface area (Å²) in [4.78, 5) is 20.7. The lowest BCUT2D eigenvalue weighted by Gasteiger charge is -2.23. The van der Waals surface area contributed by atoms with Gasteiger partial charge in [-0.15, -0.1) is 0 Å². The number of aromatic nitrogens is 4. The molecule has 8 nitrogen and oxygen atoms in total. The Kier molecular flexibility index (Phi) is 7.30. The van der Waals surface area contributed by atoms with E-state index in [9.17, 15) is 20.4 Å². The summed E-state index contributed by atoms with van der Waals surface area (Å²) >= 11 is 0. The Hall–Kier alpha value is -8.10. The molecule has 0 saturated heterocycles. The van der Waals surface area contributed by atoms with Crippen LogP contribution in [0.15, 0.2) is 158 Å². The van der Waals surface area contributed by atoms with Crippen molar-refractivity contribution in [2.45, 2.75) is 0 Å². The Morgan fingerprint density at radius 2 is 0.534 bits per heavy atom. The highest BCUT2D eigenvalue weighted by Gasteiger charge is 2.28. The third-order valence-corrected chi connectivity index (χ3v) is 11.0. The molecule has 0 amide bonds. The molecule has 274 valence electrons. The van der Waals surface area contributed by atoms with Crippen LogP contribution in [0.3, 0.4) is 0 Å². The van der Waals surface area contributed by atoms with Gasteiger partial charge in [0.05, 0.1) is 22.8 Å². The highest BCUT2D eigenvalue weighted by Crippen LogP contribution is 2.51. The number of hydrogen-bond acceptors (Lipinski definition) is 8. The van der Waals surface area contributed by atoms with Crippen molar-refractivity contribution in [2.24, 2.45) is 0 Å². The van der Waals surface area contributed by atoms with E-state index in [1.165, 1.54) is 0 Å². The van der Waals surface area contributed by atoms with Crippen LogP contribution in [0.2, 0.25) is 0 Å². The van der Waals surface area contributed by atoms with Crippen molar-refractivity contribution >= 4 is 65.2 Å². The van der Waals surface area contributed by atoms with Crippen molar-refractivity contribution in [1.82, 2.24) is 19.9 Å². The molecule has 11 aromatic rings. The molecule has 58 heavy (non-hydrogen) atoms. The average molecular weight is 751 g/mol. The summed E-state index contributed by atoms with van der Waals surface area (Å²) in [5, 5.41) is 51.3. The summed E-state index contributed by atoms with van der Waals surface area (Å²) in [6.07, 6.45) is 0. The van der Waals surface area contributed by atoms with Crippen molar-refractivity contribution in [1.29, 1.82) is 0 Å². The Balaban J connectivity index is 1.41. The second-order valence-corrected chi connectivity index (χ2v) is 14.4. The SMILES string of the molecule is Oc1cccc2ccc(-c3c(-c4ccc5cccc(O)c5n4)c(-c4ccc5cccc(O)c5n4)c4cc5ccccc5cc4c3-c3ccc4cccc(O)c4n3)nc12. The number of phenols is 4. The molecule has 0 aliphatic heterocycles. The highest BCUT2D eigenvalue weighted by atomic mass is 16.3. The summed E-state index contributed by atoms with van der Waals surface area (Å²) in [6, 6.07) is 49.2. The molecule has 4 heterocycles. The van der Waals surface area contributed by atoms with Crippen molar-refractivity contribution in [3.63, 3.8) is 0 Å². The van der Waals surface area contributed by atoms with Gasteiger partial charge in [-0.3, -0.25) is 0 Å². The molecule has 4 N–H and O–H groups in total. The second-order valence-electron chi connectivity index (χ2n) is 14.4.